The monoisotopic (exact) mass is 298 g/mol. The van der Waals surface area contributed by atoms with Crippen LogP contribution in [0, 0.1) is 28.1 Å². The van der Waals surface area contributed by atoms with Crippen molar-refractivity contribution in [2.24, 2.45) is 5.41 Å². The van der Waals surface area contributed by atoms with Gasteiger partial charge in [0.15, 0.2) is 0 Å². The number of nitriles is 2. The average molecular weight is 298 g/mol. The SMILES string of the molecule is COc1ccc(C2CC=CC(OC)(OC)C2(C#N)C#N)cc1. The first-order chi connectivity index (χ1) is 10.6. The molecule has 0 fully saturated rings. The van der Waals surface area contributed by atoms with Gasteiger partial charge in [-0.25, -0.2) is 0 Å². The second-order valence-corrected chi connectivity index (χ2v) is 5.07. The fraction of sp³-hybridized carbons (Fsp3) is 0.412. The molecule has 0 bridgehead atoms. The fourth-order valence-corrected chi connectivity index (χ4v) is 3.01. The van der Waals surface area contributed by atoms with Gasteiger partial charge in [0.25, 0.3) is 0 Å². The van der Waals surface area contributed by atoms with E-state index in [1.165, 1.54) is 14.2 Å². The Morgan fingerprint density at radius 3 is 2.09 bits per heavy atom. The van der Waals surface area contributed by atoms with E-state index < -0.39 is 11.2 Å². The standard InChI is InChI=1S/C17H18N2O3/c1-20-14-8-6-13(7-9-14)15-5-4-10-17(21-2,22-3)16(15,11-18)12-19/h4,6-10,15H,5H2,1-3H3. The maximum atomic E-state index is 9.78. The number of nitrogens with zero attached hydrogens (tertiary/aromatic N) is 2. The van der Waals surface area contributed by atoms with Gasteiger partial charge in [-0.05, 0) is 30.2 Å². The molecule has 1 aliphatic rings. The third-order valence-corrected chi connectivity index (χ3v) is 4.26. The van der Waals surface area contributed by atoms with Crippen LogP contribution >= 0.6 is 0 Å². The summed E-state index contributed by atoms with van der Waals surface area (Å²) in [6, 6.07) is 11.6. The smallest absolute Gasteiger partial charge is 0.220 e. The maximum absolute atomic E-state index is 9.78. The summed E-state index contributed by atoms with van der Waals surface area (Å²) < 4.78 is 16.0. The Morgan fingerprint density at radius 2 is 1.64 bits per heavy atom. The van der Waals surface area contributed by atoms with Crippen LogP contribution in [-0.2, 0) is 9.47 Å². The van der Waals surface area contributed by atoms with Crippen LogP contribution in [-0.4, -0.2) is 27.1 Å². The van der Waals surface area contributed by atoms with Crippen LogP contribution in [0.1, 0.15) is 17.9 Å². The molecular weight excluding hydrogens is 280 g/mol. The largest absolute Gasteiger partial charge is 0.497 e. The first kappa shape index (κ1) is 16.0. The third kappa shape index (κ3) is 2.16. The summed E-state index contributed by atoms with van der Waals surface area (Å²) >= 11 is 0. The molecule has 0 aromatic heterocycles. The average Bonchev–Trinajstić information content (AvgIpc) is 2.60. The second-order valence-electron chi connectivity index (χ2n) is 5.07. The number of ether oxygens (including phenoxy) is 3. The molecule has 22 heavy (non-hydrogen) atoms. The zero-order chi connectivity index (χ0) is 16.2. The van der Waals surface area contributed by atoms with Crippen LogP contribution < -0.4 is 4.74 Å². The Kier molecular flexibility index (Phi) is 4.51. The van der Waals surface area contributed by atoms with Crippen molar-refractivity contribution in [3.05, 3.63) is 42.0 Å². The molecule has 0 saturated carbocycles. The summed E-state index contributed by atoms with van der Waals surface area (Å²) in [6.45, 7) is 0. The van der Waals surface area contributed by atoms with Crippen LogP contribution in [0.15, 0.2) is 36.4 Å². The quantitative estimate of drug-likeness (QED) is 0.631. The minimum Gasteiger partial charge on any atom is -0.497 e. The molecular formula is C17H18N2O3. The van der Waals surface area contributed by atoms with Crippen molar-refractivity contribution in [3.63, 3.8) is 0 Å². The number of methoxy groups -OCH3 is 3. The highest BCUT2D eigenvalue weighted by atomic mass is 16.7. The number of allylic oxidation sites excluding steroid dienone is 1. The second kappa shape index (κ2) is 6.19. The Balaban J connectivity index is 2.57. The van der Waals surface area contributed by atoms with Gasteiger partial charge in [-0.1, -0.05) is 18.2 Å². The van der Waals surface area contributed by atoms with E-state index in [2.05, 4.69) is 12.1 Å². The predicted octanol–water partition coefficient (Wildman–Crippen LogP) is 2.76. The van der Waals surface area contributed by atoms with E-state index in [0.29, 0.717) is 6.42 Å². The molecule has 0 radical (unpaired) electrons. The molecule has 2 rings (SSSR count). The minimum atomic E-state index is -1.47. The molecule has 5 heteroatoms. The lowest BCUT2D eigenvalue weighted by Gasteiger charge is -2.44. The molecule has 1 atom stereocenters. The molecule has 0 amide bonds. The van der Waals surface area contributed by atoms with Gasteiger partial charge >= 0.3 is 0 Å². The van der Waals surface area contributed by atoms with Crippen molar-refractivity contribution in [1.82, 2.24) is 0 Å². The summed E-state index contributed by atoms with van der Waals surface area (Å²) in [5, 5.41) is 19.6. The van der Waals surface area contributed by atoms with E-state index in [1.54, 1.807) is 13.2 Å². The molecule has 5 nitrogen and oxygen atoms in total. The summed E-state index contributed by atoms with van der Waals surface area (Å²) in [4.78, 5) is 0. The molecule has 0 N–H and O–H groups in total. The molecule has 114 valence electrons. The van der Waals surface area contributed by atoms with Gasteiger partial charge in [0.1, 0.15) is 5.75 Å². The van der Waals surface area contributed by atoms with E-state index in [0.717, 1.165) is 11.3 Å². The Morgan fingerprint density at radius 1 is 1.05 bits per heavy atom. The van der Waals surface area contributed by atoms with Gasteiger partial charge < -0.3 is 14.2 Å². The van der Waals surface area contributed by atoms with Gasteiger partial charge in [-0.15, -0.1) is 0 Å². The van der Waals surface area contributed by atoms with Crippen LogP contribution in [0.4, 0.5) is 0 Å². The van der Waals surface area contributed by atoms with E-state index in [1.807, 2.05) is 30.3 Å². The van der Waals surface area contributed by atoms with Crippen molar-refractivity contribution in [3.8, 4) is 17.9 Å². The molecule has 1 aromatic carbocycles. The van der Waals surface area contributed by atoms with Crippen LogP contribution in [0.2, 0.25) is 0 Å². The highest BCUT2D eigenvalue weighted by Crippen LogP contribution is 2.51. The lowest BCUT2D eigenvalue weighted by atomic mass is 9.64. The van der Waals surface area contributed by atoms with Crippen LogP contribution in [0.5, 0.6) is 5.75 Å². The first-order valence-corrected chi connectivity index (χ1v) is 6.87. The lowest BCUT2D eigenvalue weighted by molar-refractivity contribution is -0.220. The summed E-state index contributed by atoms with van der Waals surface area (Å²) in [7, 11) is 4.47. The van der Waals surface area contributed by atoms with Crippen molar-refractivity contribution in [1.29, 1.82) is 10.5 Å². The molecule has 1 unspecified atom stereocenters. The van der Waals surface area contributed by atoms with E-state index in [4.69, 9.17) is 14.2 Å². The molecule has 0 spiro atoms. The maximum Gasteiger partial charge on any atom is 0.220 e. The van der Waals surface area contributed by atoms with Gasteiger partial charge in [0.05, 0.1) is 19.2 Å². The normalized spacial score (nSPS) is 21.6. The zero-order valence-electron chi connectivity index (χ0n) is 12.9. The highest BCUT2D eigenvalue weighted by Gasteiger charge is 2.59. The van der Waals surface area contributed by atoms with Crippen molar-refractivity contribution in [2.75, 3.05) is 21.3 Å². The Labute approximate surface area is 130 Å². The molecule has 0 aliphatic heterocycles. The van der Waals surface area contributed by atoms with E-state index in [-0.39, 0.29) is 5.92 Å². The van der Waals surface area contributed by atoms with E-state index in [9.17, 15) is 10.5 Å². The van der Waals surface area contributed by atoms with E-state index >= 15 is 0 Å². The van der Waals surface area contributed by atoms with Crippen molar-refractivity contribution in [2.45, 2.75) is 18.1 Å². The number of rotatable bonds is 4. The van der Waals surface area contributed by atoms with Gasteiger partial charge in [-0.2, -0.15) is 10.5 Å². The third-order valence-electron chi connectivity index (χ3n) is 4.26. The van der Waals surface area contributed by atoms with Crippen molar-refractivity contribution < 1.29 is 14.2 Å². The van der Waals surface area contributed by atoms with Crippen LogP contribution in [0.3, 0.4) is 0 Å². The number of benzene rings is 1. The fourth-order valence-electron chi connectivity index (χ4n) is 3.01. The molecule has 0 heterocycles. The summed E-state index contributed by atoms with van der Waals surface area (Å²) in [5.74, 6) is -1.03. The molecule has 1 aromatic rings. The Hall–Kier alpha value is -2.34. The first-order valence-electron chi connectivity index (χ1n) is 6.87. The Bertz CT molecular complexity index is 619. The summed E-state index contributed by atoms with van der Waals surface area (Å²) in [5.41, 5.74) is -0.605. The number of hydrogen-bond acceptors (Lipinski definition) is 5. The predicted molar refractivity (Wildman–Crippen MR) is 79.9 cm³/mol. The van der Waals surface area contributed by atoms with Gasteiger partial charge in [-0.3, -0.25) is 0 Å². The van der Waals surface area contributed by atoms with Gasteiger partial charge in [0, 0.05) is 20.1 Å². The topological polar surface area (TPSA) is 75.3 Å². The number of hydrogen-bond donors (Lipinski definition) is 0. The van der Waals surface area contributed by atoms with Crippen molar-refractivity contribution >= 4 is 0 Å². The van der Waals surface area contributed by atoms with Gasteiger partial charge in [0.2, 0.25) is 11.2 Å². The minimum absolute atomic E-state index is 0.363. The molecule has 1 aliphatic carbocycles. The summed E-state index contributed by atoms with van der Waals surface area (Å²) in [6.07, 6.45) is 4.09. The lowest BCUT2D eigenvalue weighted by Crippen LogP contribution is -2.53. The zero-order valence-corrected chi connectivity index (χ0v) is 12.9. The molecule has 0 saturated heterocycles. The highest BCUT2D eigenvalue weighted by molar-refractivity contribution is 5.41. The van der Waals surface area contributed by atoms with Crippen LogP contribution in [0.25, 0.3) is 0 Å².